The van der Waals surface area contributed by atoms with Crippen LogP contribution >= 0.6 is 0 Å². The van der Waals surface area contributed by atoms with Crippen LogP contribution in [0.3, 0.4) is 0 Å². The summed E-state index contributed by atoms with van der Waals surface area (Å²) in [7, 11) is 2.14. The molecule has 0 radical (unpaired) electrons. The molecule has 1 aliphatic heterocycles. The topological polar surface area (TPSA) is 18.5 Å². The van der Waals surface area contributed by atoms with Crippen LogP contribution in [-0.2, 0) is 6.54 Å². The van der Waals surface area contributed by atoms with Crippen molar-refractivity contribution in [2.75, 3.05) is 38.1 Å². The van der Waals surface area contributed by atoms with Crippen LogP contribution in [0, 0.1) is 5.82 Å². The molecule has 1 aromatic rings. The lowest BCUT2D eigenvalue weighted by Gasteiger charge is -2.40. The second-order valence-corrected chi connectivity index (χ2v) is 5.32. The molecule has 0 amide bonds. The van der Waals surface area contributed by atoms with Gasteiger partial charge in [-0.3, -0.25) is 0 Å². The van der Waals surface area contributed by atoms with Crippen molar-refractivity contribution in [3.8, 4) is 0 Å². The van der Waals surface area contributed by atoms with Crippen molar-refractivity contribution in [3.63, 3.8) is 0 Å². The summed E-state index contributed by atoms with van der Waals surface area (Å²) in [6, 6.07) is 5.82. The monoisotopic (exact) mass is 265 g/mol. The number of nitrogens with one attached hydrogen (secondary N) is 1. The molecule has 4 heteroatoms. The number of anilines is 1. The van der Waals surface area contributed by atoms with Crippen LogP contribution < -0.4 is 10.2 Å². The molecule has 1 heterocycles. The molecule has 1 aliphatic rings. The molecule has 0 bridgehead atoms. The maximum atomic E-state index is 14.1. The molecule has 0 aliphatic carbocycles. The standard InChI is InChI=1S/C15H24FN3/c1-4-17-10-13-14(16)6-5-7-15(13)19-9-8-18(3)11-12(19)2/h5-7,12,17H,4,8-11H2,1-3H3. The second-order valence-electron chi connectivity index (χ2n) is 5.32. The zero-order chi connectivity index (χ0) is 13.8. The largest absolute Gasteiger partial charge is 0.366 e. The van der Waals surface area contributed by atoms with Gasteiger partial charge in [-0.1, -0.05) is 13.0 Å². The van der Waals surface area contributed by atoms with Gasteiger partial charge in [-0.15, -0.1) is 0 Å². The van der Waals surface area contributed by atoms with Crippen LogP contribution in [0.1, 0.15) is 19.4 Å². The molecule has 19 heavy (non-hydrogen) atoms. The van der Waals surface area contributed by atoms with Crippen molar-refractivity contribution in [1.82, 2.24) is 10.2 Å². The van der Waals surface area contributed by atoms with E-state index in [1.807, 2.05) is 19.1 Å². The third-order valence-electron chi connectivity index (χ3n) is 3.79. The van der Waals surface area contributed by atoms with E-state index < -0.39 is 0 Å². The summed E-state index contributed by atoms with van der Waals surface area (Å²) in [4.78, 5) is 4.65. The molecular formula is C15H24FN3. The van der Waals surface area contributed by atoms with E-state index in [2.05, 4.69) is 29.1 Å². The van der Waals surface area contributed by atoms with Gasteiger partial charge >= 0.3 is 0 Å². The number of halogens is 1. The van der Waals surface area contributed by atoms with Crippen molar-refractivity contribution in [3.05, 3.63) is 29.6 Å². The van der Waals surface area contributed by atoms with Gasteiger partial charge in [-0.2, -0.15) is 0 Å². The Morgan fingerprint density at radius 1 is 1.37 bits per heavy atom. The average molecular weight is 265 g/mol. The summed E-state index contributed by atoms with van der Waals surface area (Å²) in [5.74, 6) is -0.107. The second kappa shape index (κ2) is 6.35. The van der Waals surface area contributed by atoms with Crippen LogP contribution in [0.25, 0.3) is 0 Å². The van der Waals surface area contributed by atoms with E-state index >= 15 is 0 Å². The van der Waals surface area contributed by atoms with Gasteiger partial charge in [0.2, 0.25) is 0 Å². The Hall–Kier alpha value is -1.13. The Kier molecular flexibility index (Phi) is 4.77. The van der Waals surface area contributed by atoms with Gasteiger partial charge in [0.1, 0.15) is 5.82 Å². The van der Waals surface area contributed by atoms with E-state index in [-0.39, 0.29) is 5.82 Å². The highest BCUT2D eigenvalue weighted by Crippen LogP contribution is 2.26. The summed E-state index contributed by atoms with van der Waals surface area (Å²) in [6.07, 6.45) is 0. The van der Waals surface area contributed by atoms with Gasteiger partial charge < -0.3 is 15.1 Å². The molecule has 106 valence electrons. The number of hydrogen-bond donors (Lipinski definition) is 1. The Bertz CT molecular complexity index is 422. The summed E-state index contributed by atoms with van der Waals surface area (Å²) < 4.78 is 14.1. The van der Waals surface area contributed by atoms with Crippen LogP contribution in [0.4, 0.5) is 10.1 Å². The Morgan fingerprint density at radius 3 is 2.84 bits per heavy atom. The van der Waals surface area contributed by atoms with Gasteiger partial charge in [-0.25, -0.2) is 4.39 Å². The average Bonchev–Trinajstić information content (AvgIpc) is 2.37. The lowest BCUT2D eigenvalue weighted by atomic mass is 10.1. The quantitative estimate of drug-likeness (QED) is 0.899. The Balaban J connectivity index is 2.25. The van der Waals surface area contributed by atoms with E-state index in [0.717, 1.165) is 37.4 Å². The Labute approximate surface area is 115 Å². The highest BCUT2D eigenvalue weighted by Gasteiger charge is 2.24. The molecular weight excluding hydrogens is 241 g/mol. The summed E-state index contributed by atoms with van der Waals surface area (Å²) >= 11 is 0. The first-order chi connectivity index (χ1) is 9.13. The predicted octanol–water partition coefficient (Wildman–Crippen LogP) is 2.08. The first kappa shape index (κ1) is 14.3. The molecule has 1 fully saturated rings. The molecule has 1 N–H and O–H groups in total. The number of benzene rings is 1. The molecule has 1 saturated heterocycles. The van der Waals surface area contributed by atoms with Crippen molar-refractivity contribution < 1.29 is 4.39 Å². The van der Waals surface area contributed by atoms with Gasteiger partial charge in [-0.05, 0) is 32.6 Å². The fraction of sp³-hybridized carbons (Fsp3) is 0.600. The van der Waals surface area contributed by atoms with Gasteiger partial charge in [0.15, 0.2) is 0 Å². The molecule has 3 nitrogen and oxygen atoms in total. The Morgan fingerprint density at radius 2 is 2.16 bits per heavy atom. The number of hydrogen-bond acceptors (Lipinski definition) is 3. The number of rotatable bonds is 4. The molecule has 0 spiro atoms. The van der Waals surface area contributed by atoms with E-state index in [1.165, 1.54) is 0 Å². The minimum absolute atomic E-state index is 0.107. The fourth-order valence-corrected chi connectivity index (χ4v) is 2.74. The van der Waals surface area contributed by atoms with E-state index in [0.29, 0.717) is 12.6 Å². The third kappa shape index (κ3) is 3.25. The van der Waals surface area contributed by atoms with Gasteiger partial charge in [0.25, 0.3) is 0 Å². The third-order valence-corrected chi connectivity index (χ3v) is 3.79. The zero-order valence-electron chi connectivity index (χ0n) is 12.1. The minimum atomic E-state index is -0.107. The minimum Gasteiger partial charge on any atom is -0.366 e. The number of piperazine rings is 1. The lowest BCUT2D eigenvalue weighted by Crippen LogP contribution is -2.51. The van der Waals surface area contributed by atoms with Gasteiger partial charge in [0.05, 0.1) is 0 Å². The smallest absolute Gasteiger partial charge is 0.129 e. The maximum Gasteiger partial charge on any atom is 0.129 e. The molecule has 0 aromatic heterocycles. The summed E-state index contributed by atoms with van der Waals surface area (Å²) in [6.45, 7) is 8.71. The summed E-state index contributed by atoms with van der Waals surface area (Å²) in [5, 5.41) is 3.23. The highest BCUT2D eigenvalue weighted by atomic mass is 19.1. The van der Waals surface area contributed by atoms with E-state index in [4.69, 9.17) is 0 Å². The highest BCUT2D eigenvalue weighted by molar-refractivity contribution is 5.55. The number of nitrogens with zero attached hydrogens (tertiary/aromatic N) is 2. The first-order valence-corrected chi connectivity index (χ1v) is 7.06. The van der Waals surface area contributed by atoms with Crippen LogP contribution in [0.5, 0.6) is 0 Å². The van der Waals surface area contributed by atoms with Crippen LogP contribution in [-0.4, -0.2) is 44.2 Å². The molecule has 2 rings (SSSR count). The maximum absolute atomic E-state index is 14.1. The van der Waals surface area contributed by atoms with Crippen LogP contribution in [0.2, 0.25) is 0 Å². The van der Waals surface area contributed by atoms with Crippen molar-refractivity contribution in [2.24, 2.45) is 0 Å². The fourth-order valence-electron chi connectivity index (χ4n) is 2.74. The number of likely N-dealkylation sites (N-methyl/N-ethyl adjacent to an activating group) is 1. The molecule has 1 unspecified atom stereocenters. The lowest BCUT2D eigenvalue weighted by molar-refractivity contribution is 0.275. The van der Waals surface area contributed by atoms with Crippen LogP contribution in [0.15, 0.2) is 18.2 Å². The van der Waals surface area contributed by atoms with E-state index in [9.17, 15) is 4.39 Å². The normalized spacial score (nSPS) is 20.8. The first-order valence-electron chi connectivity index (χ1n) is 7.06. The molecule has 1 aromatic carbocycles. The van der Waals surface area contributed by atoms with Crippen molar-refractivity contribution in [2.45, 2.75) is 26.4 Å². The molecule has 1 atom stereocenters. The van der Waals surface area contributed by atoms with Gasteiger partial charge in [0, 0.05) is 43.5 Å². The zero-order valence-corrected chi connectivity index (χ0v) is 12.1. The van der Waals surface area contributed by atoms with Crippen molar-refractivity contribution >= 4 is 5.69 Å². The summed E-state index contributed by atoms with van der Waals surface area (Å²) in [5.41, 5.74) is 1.84. The van der Waals surface area contributed by atoms with Crippen molar-refractivity contribution in [1.29, 1.82) is 0 Å². The van der Waals surface area contributed by atoms with E-state index in [1.54, 1.807) is 6.07 Å². The SMILES string of the molecule is CCNCc1c(F)cccc1N1CCN(C)CC1C. The molecule has 0 saturated carbocycles. The predicted molar refractivity (Wildman–Crippen MR) is 78.1 cm³/mol.